The van der Waals surface area contributed by atoms with Crippen LogP contribution in [0.3, 0.4) is 0 Å². The first-order valence-electron chi connectivity index (χ1n) is 7.08. The Morgan fingerprint density at radius 1 is 1.24 bits per heavy atom. The number of nitrogens with two attached hydrogens (primary N) is 1. The molecule has 1 aromatic rings. The Balaban J connectivity index is 2.77. The number of nitrogens with one attached hydrogen (secondary N) is 2. The van der Waals surface area contributed by atoms with Crippen molar-refractivity contribution >= 4 is 21.6 Å². The van der Waals surface area contributed by atoms with E-state index in [1.165, 1.54) is 0 Å². The summed E-state index contributed by atoms with van der Waals surface area (Å²) in [5, 5.41) is 2.76. The first-order chi connectivity index (χ1) is 10.00. The number of sulfonamides is 1. The van der Waals surface area contributed by atoms with Gasteiger partial charge in [0.05, 0.1) is 17.0 Å². The summed E-state index contributed by atoms with van der Waals surface area (Å²) in [4.78, 5) is 12.1. The van der Waals surface area contributed by atoms with Crippen molar-refractivity contribution in [3.05, 3.63) is 29.8 Å². The van der Waals surface area contributed by atoms with Crippen molar-refractivity contribution in [1.29, 1.82) is 0 Å². The van der Waals surface area contributed by atoms with Crippen molar-refractivity contribution in [2.24, 2.45) is 5.73 Å². The minimum atomic E-state index is -3.42. The number of hydrogen-bond donors (Lipinski definition) is 3. The lowest BCUT2D eigenvalue weighted by atomic mass is 10.1. The van der Waals surface area contributed by atoms with E-state index in [0.717, 1.165) is 12.8 Å². The molecular formula is C14H23N3O3S. The maximum atomic E-state index is 12.1. The average Bonchev–Trinajstić information content (AvgIpc) is 2.43. The third-order valence-electron chi connectivity index (χ3n) is 2.83. The highest BCUT2D eigenvalue weighted by Gasteiger charge is 2.15. The monoisotopic (exact) mass is 313 g/mol. The Hall–Kier alpha value is -1.60. The molecule has 0 heterocycles. The maximum absolute atomic E-state index is 12.1. The van der Waals surface area contributed by atoms with Crippen LogP contribution in [0.5, 0.6) is 0 Å². The number of rotatable bonds is 9. The molecule has 0 aliphatic rings. The van der Waals surface area contributed by atoms with Crippen LogP contribution < -0.4 is 15.8 Å². The van der Waals surface area contributed by atoms with Gasteiger partial charge in [0.15, 0.2) is 0 Å². The summed E-state index contributed by atoms with van der Waals surface area (Å²) in [6.07, 6.45) is 2.15. The Labute approximate surface area is 126 Å². The number of para-hydroxylation sites is 1. The number of anilines is 1. The fraction of sp³-hybridized carbons (Fsp3) is 0.500. The quantitative estimate of drug-likeness (QED) is 0.598. The summed E-state index contributed by atoms with van der Waals surface area (Å²) in [5.41, 5.74) is 6.02. The lowest BCUT2D eigenvalue weighted by Gasteiger charge is -2.12. The minimum absolute atomic E-state index is 0.0272. The predicted molar refractivity (Wildman–Crippen MR) is 84.8 cm³/mol. The Morgan fingerprint density at radius 2 is 1.95 bits per heavy atom. The molecule has 0 aliphatic heterocycles. The van der Waals surface area contributed by atoms with Crippen molar-refractivity contribution in [3.8, 4) is 0 Å². The van der Waals surface area contributed by atoms with E-state index in [0.29, 0.717) is 30.8 Å². The van der Waals surface area contributed by atoms with Gasteiger partial charge in [0, 0.05) is 6.54 Å². The second-order valence-corrected chi connectivity index (χ2v) is 6.56. The van der Waals surface area contributed by atoms with Crippen LogP contribution in [0.1, 0.15) is 36.5 Å². The first-order valence-corrected chi connectivity index (χ1v) is 8.73. The van der Waals surface area contributed by atoms with Gasteiger partial charge in [0.2, 0.25) is 10.0 Å². The molecule has 4 N–H and O–H groups in total. The Bertz CT molecular complexity index is 558. The van der Waals surface area contributed by atoms with Crippen LogP contribution in [0, 0.1) is 0 Å². The molecule has 0 bridgehead atoms. The number of amides is 1. The van der Waals surface area contributed by atoms with Gasteiger partial charge in [-0.25, -0.2) is 8.42 Å². The highest BCUT2D eigenvalue weighted by molar-refractivity contribution is 7.92. The molecule has 0 spiro atoms. The molecule has 21 heavy (non-hydrogen) atoms. The molecule has 0 aromatic heterocycles. The molecule has 1 aromatic carbocycles. The number of carbonyl (C=O) groups is 1. The summed E-state index contributed by atoms with van der Waals surface area (Å²) >= 11 is 0. The van der Waals surface area contributed by atoms with Crippen LogP contribution >= 0.6 is 0 Å². The van der Waals surface area contributed by atoms with Gasteiger partial charge in [0.25, 0.3) is 5.91 Å². The molecule has 6 nitrogen and oxygen atoms in total. The number of unbranched alkanes of at least 4 members (excludes halogenated alkanes) is 1. The van der Waals surface area contributed by atoms with Gasteiger partial charge in [-0.3, -0.25) is 9.52 Å². The summed E-state index contributed by atoms with van der Waals surface area (Å²) < 4.78 is 26.1. The third kappa shape index (κ3) is 6.14. The van der Waals surface area contributed by atoms with Crippen LogP contribution in [0.15, 0.2) is 24.3 Å². The van der Waals surface area contributed by atoms with E-state index in [-0.39, 0.29) is 11.7 Å². The topological polar surface area (TPSA) is 101 Å². The van der Waals surface area contributed by atoms with Crippen molar-refractivity contribution in [2.75, 3.05) is 23.6 Å². The molecule has 0 saturated heterocycles. The summed E-state index contributed by atoms with van der Waals surface area (Å²) in [6, 6.07) is 6.57. The Morgan fingerprint density at radius 3 is 2.62 bits per heavy atom. The predicted octanol–water partition coefficient (Wildman–Crippen LogP) is 1.31. The molecule has 1 amide bonds. The van der Waals surface area contributed by atoms with Crippen molar-refractivity contribution in [2.45, 2.75) is 26.2 Å². The summed E-state index contributed by atoms with van der Waals surface area (Å²) in [7, 11) is -3.42. The van der Waals surface area contributed by atoms with Gasteiger partial charge in [-0.1, -0.05) is 19.1 Å². The zero-order chi connectivity index (χ0) is 15.7. The number of carbonyl (C=O) groups excluding carboxylic acids is 1. The molecule has 0 saturated carbocycles. The van der Waals surface area contributed by atoms with Gasteiger partial charge in [-0.2, -0.15) is 0 Å². The van der Waals surface area contributed by atoms with Crippen LogP contribution in [-0.2, 0) is 10.0 Å². The molecule has 118 valence electrons. The van der Waals surface area contributed by atoms with Gasteiger partial charge >= 0.3 is 0 Å². The Kier molecular flexibility index (Phi) is 7.18. The molecule has 7 heteroatoms. The van der Waals surface area contributed by atoms with E-state index in [9.17, 15) is 13.2 Å². The maximum Gasteiger partial charge on any atom is 0.253 e. The van der Waals surface area contributed by atoms with E-state index in [1.54, 1.807) is 31.2 Å². The zero-order valence-corrected chi connectivity index (χ0v) is 13.1. The SMILES string of the molecule is CCCS(=O)(=O)Nc1ccccc1C(=O)NCCCCN. The van der Waals surface area contributed by atoms with Gasteiger partial charge in [-0.05, 0) is 37.9 Å². The van der Waals surface area contributed by atoms with Gasteiger partial charge in [-0.15, -0.1) is 0 Å². The minimum Gasteiger partial charge on any atom is -0.352 e. The lowest BCUT2D eigenvalue weighted by molar-refractivity contribution is 0.0954. The van der Waals surface area contributed by atoms with Gasteiger partial charge < -0.3 is 11.1 Å². The van der Waals surface area contributed by atoms with E-state index in [2.05, 4.69) is 10.0 Å². The van der Waals surface area contributed by atoms with Crippen LogP contribution in [0.4, 0.5) is 5.69 Å². The molecular weight excluding hydrogens is 290 g/mol. The summed E-state index contributed by atoms with van der Waals surface area (Å²) in [5.74, 6) is -0.263. The molecule has 0 fully saturated rings. The van der Waals surface area contributed by atoms with Crippen LogP contribution in [0.2, 0.25) is 0 Å². The normalized spacial score (nSPS) is 11.1. The zero-order valence-electron chi connectivity index (χ0n) is 12.3. The standard InChI is InChI=1S/C14H23N3O3S/c1-2-11-21(19,20)17-13-8-4-3-7-12(13)14(18)16-10-6-5-9-15/h3-4,7-8,17H,2,5-6,9-11,15H2,1H3,(H,16,18). The van der Waals surface area contributed by atoms with E-state index < -0.39 is 10.0 Å². The fourth-order valence-electron chi connectivity index (χ4n) is 1.82. The van der Waals surface area contributed by atoms with Crippen molar-refractivity contribution in [1.82, 2.24) is 5.32 Å². The smallest absolute Gasteiger partial charge is 0.253 e. The van der Waals surface area contributed by atoms with Crippen molar-refractivity contribution in [3.63, 3.8) is 0 Å². The molecule has 0 unspecified atom stereocenters. The fourth-order valence-corrected chi connectivity index (χ4v) is 2.98. The number of benzene rings is 1. The molecule has 1 rings (SSSR count). The van der Waals surface area contributed by atoms with Crippen molar-refractivity contribution < 1.29 is 13.2 Å². The average molecular weight is 313 g/mol. The van der Waals surface area contributed by atoms with Crippen LogP contribution in [0.25, 0.3) is 0 Å². The lowest BCUT2D eigenvalue weighted by Crippen LogP contribution is -2.27. The second kappa shape index (κ2) is 8.63. The third-order valence-corrected chi connectivity index (χ3v) is 4.30. The second-order valence-electron chi connectivity index (χ2n) is 4.72. The summed E-state index contributed by atoms with van der Waals surface area (Å²) in [6.45, 7) is 2.89. The van der Waals surface area contributed by atoms with Crippen LogP contribution in [-0.4, -0.2) is 33.2 Å². The largest absolute Gasteiger partial charge is 0.352 e. The first kappa shape index (κ1) is 17.5. The molecule has 0 atom stereocenters. The molecule has 0 radical (unpaired) electrons. The highest BCUT2D eigenvalue weighted by atomic mass is 32.2. The van der Waals surface area contributed by atoms with E-state index in [1.807, 2.05) is 0 Å². The molecule has 0 aliphatic carbocycles. The van der Waals surface area contributed by atoms with Gasteiger partial charge in [0.1, 0.15) is 0 Å². The van der Waals surface area contributed by atoms with E-state index in [4.69, 9.17) is 5.73 Å². The highest BCUT2D eigenvalue weighted by Crippen LogP contribution is 2.16. The number of hydrogen-bond acceptors (Lipinski definition) is 4. The van der Waals surface area contributed by atoms with E-state index >= 15 is 0 Å².